The zero-order chi connectivity index (χ0) is 17.2. The van der Waals surface area contributed by atoms with Crippen molar-refractivity contribution in [3.63, 3.8) is 0 Å². The van der Waals surface area contributed by atoms with Crippen LogP contribution in [-0.2, 0) is 4.74 Å². The lowest BCUT2D eigenvalue weighted by Gasteiger charge is -2.17. The molecule has 2 N–H and O–H groups in total. The summed E-state index contributed by atoms with van der Waals surface area (Å²) in [5, 5.41) is 12.6. The van der Waals surface area contributed by atoms with Gasteiger partial charge >= 0.3 is 6.09 Å². The van der Waals surface area contributed by atoms with Crippen molar-refractivity contribution in [3.05, 3.63) is 59.7 Å². The minimum atomic E-state index is -0.402. The Morgan fingerprint density at radius 3 is 2.28 bits per heavy atom. The molecule has 1 fully saturated rings. The van der Waals surface area contributed by atoms with Crippen LogP contribution in [0.3, 0.4) is 0 Å². The molecule has 2 aromatic carbocycles. The molecule has 2 aliphatic rings. The van der Waals surface area contributed by atoms with Crippen molar-refractivity contribution in [1.82, 2.24) is 5.32 Å². The maximum atomic E-state index is 12.1. The Morgan fingerprint density at radius 2 is 1.68 bits per heavy atom. The lowest BCUT2D eigenvalue weighted by Crippen LogP contribution is -2.33. The number of benzene rings is 2. The van der Waals surface area contributed by atoms with E-state index in [-0.39, 0.29) is 17.9 Å². The van der Waals surface area contributed by atoms with E-state index >= 15 is 0 Å². The van der Waals surface area contributed by atoms with Gasteiger partial charge in [-0.05, 0) is 35.1 Å². The highest BCUT2D eigenvalue weighted by Crippen LogP contribution is 2.44. The minimum Gasteiger partial charge on any atom is -0.449 e. The van der Waals surface area contributed by atoms with Crippen molar-refractivity contribution in [3.8, 4) is 11.1 Å². The number of fused-ring (bicyclic) bond motifs is 3. The summed E-state index contributed by atoms with van der Waals surface area (Å²) >= 11 is 0. The van der Waals surface area contributed by atoms with Gasteiger partial charge in [0.15, 0.2) is 0 Å². The maximum absolute atomic E-state index is 12.1. The molecule has 25 heavy (non-hydrogen) atoms. The van der Waals surface area contributed by atoms with Crippen LogP contribution in [0.2, 0.25) is 0 Å². The molecule has 1 amide bonds. The number of rotatable bonds is 4. The highest BCUT2D eigenvalue weighted by Gasteiger charge is 2.29. The van der Waals surface area contributed by atoms with E-state index in [9.17, 15) is 9.90 Å². The molecule has 4 nitrogen and oxygen atoms in total. The first-order chi connectivity index (χ1) is 12.2. The third-order valence-electron chi connectivity index (χ3n) is 5.47. The zero-order valence-corrected chi connectivity index (χ0v) is 14.2. The first-order valence-corrected chi connectivity index (χ1v) is 9.01. The minimum absolute atomic E-state index is 0.0789. The topological polar surface area (TPSA) is 58.6 Å². The quantitative estimate of drug-likeness (QED) is 0.895. The number of ether oxygens (including phenoxy) is 1. The maximum Gasteiger partial charge on any atom is 0.407 e. The van der Waals surface area contributed by atoms with Crippen molar-refractivity contribution in [1.29, 1.82) is 0 Å². The Bertz CT molecular complexity index is 728. The normalized spacial score (nSPS) is 21.6. The van der Waals surface area contributed by atoms with Gasteiger partial charge in [0, 0.05) is 18.4 Å². The number of hydrogen-bond acceptors (Lipinski definition) is 3. The molecule has 2 aliphatic carbocycles. The molecule has 0 bridgehead atoms. The highest BCUT2D eigenvalue weighted by molar-refractivity contribution is 5.79. The largest absolute Gasteiger partial charge is 0.449 e. The molecule has 0 aromatic heterocycles. The molecule has 2 atom stereocenters. The number of carbonyl (C=O) groups excluding carboxylic acids is 1. The van der Waals surface area contributed by atoms with Crippen molar-refractivity contribution in [2.24, 2.45) is 5.92 Å². The fourth-order valence-electron chi connectivity index (χ4n) is 4.12. The van der Waals surface area contributed by atoms with E-state index in [1.165, 1.54) is 22.3 Å². The molecular formula is C21H23NO3. The summed E-state index contributed by atoms with van der Waals surface area (Å²) < 4.78 is 5.50. The van der Waals surface area contributed by atoms with Crippen LogP contribution in [0, 0.1) is 5.92 Å². The summed E-state index contributed by atoms with van der Waals surface area (Å²) in [6.07, 6.45) is 2.12. The van der Waals surface area contributed by atoms with Crippen molar-refractivity contribution in [2.75, 3.05) is 13.2 Å². The first-order valence-electron chi connectivity index (χ1n) is 9.01. The summed E-state index contributed by atoms with van der Waals surface area (Å²) in [6, 6.07) is 16.6. The van der Waals surface area contributed by atoms with Gasteiger partial charge in [-0.25, -0.2) is 4.79 Å². The third-order valence-corrected chi connectivity index (χ3v) is 5.47. The second kappa shape index (κ2) is 6.89. The molecule has 0 spiro atoms. The van der Waals surface area contributed by atoms with Crippen LogP contribution in [0.1, 0.15) is 36.3 Å². The lowest BCUT2D eigenvalue weighted by molar-refractivity contribution is 0.119. The van der Waals surface area contributed by atoms with Crippen LogP contribution in [0.15, 0.2) is 48.5 Å². The zero-order valence-electron chi connectivity index (χ0n) is 14.2. The fourth-order valence-corrected chi connectivity index (χ4v) is 4.12. The average Bonchev–Trinajstić information content (AvgIpc) is 3.19. The Hall–Kier alpha value is -2.33. The molecule has 0 heterocycles. The second-order valence-corrected chi connectivity index (χ2v) is 6.96. The predicted octanol–water partition coefficient (Wildman–Crippen LogP) is 3.69. The highest BCUT2D eigenvalue weighted by atomic mass is 16.5. The number of amides is 1. The SMILES string of the molecule is O=C(NCC1CCCC1O)OCC1c2ccccc2-c2ccccc21. The van der Waals surface area contributed by atoms with Gasteiger partial charge in [0.1, 0.15) is 6.61 Å². The van der Waals surface area contributed by atoms with E-state index in [2.05, 4.69) is 29.6 Å². The van der Waals surface area contributed by atoms with Gasteiger partial charge in [-0.2, -0.15) is 0 Å². The van der Waals surface area contributed by atoms with Crippen LogP contribution in [0.25, 0.3) is 11.1 Å². The molecule has 2 aromatic rings. The molecule has 130 valence electrons. The summed E-state index contributed by atoms with van der Waals surface area (Å²) in [7, 11) is 0. The van der Waals surface area contributed by atoms with E-state index in [1.54, 1.807) is 0 Å². The van der Waals surface area contributed by atoms with E-state index in [1.807, 2.05) is 24.3 Å². The van der Waals surface area contributed by atoms with Gasteiger partial charge in [-0.1, -0.05) is 55.0 Å². The van der Waals surface area contributed by atoms with Crippen molar-refractivity contribution in [2.45, 2.75) is 31.3 Å². The predicted molar refractivity (Wildman–Crippen MR) is 96.4 cm³/mol. The number of carbonyl (C=O) groups is 1. The fraction of sp³-hybridized carbons (Fsp3) is 0.381. The molecule has 0 aliphatic heterocycles. The van der Waals surface area contributed by atoms with Crippen LogP contribution in [-0.4, -0.2) is 30.5 Å². The Kier molecular flexibility index (Phi) is 4.45. The molecule has 4 rings (SSSR count). The number of hydrogen-bond donors (Lipinski definition) is 2. The van der Waals surface area contributed by atoms with Crippen molar-refractivity contribution >= 4 is 6.09 Å². The number of nitrogens with one attached hydrogen (secondary N) is 1. The second-order valence-electron chi connectivity index (χ2n) is 6.96. The summed E-state index contributed by atoms with van der Waals surface area (Å²) in [6.45, 7) is 0.810. The number of aliphatic hydroxyl groups excluding tert-OH is 1. The Morgan fingerprint density at radius 1 is 1.04 bits per heavy atom. The summed E-state index contributed by atoms with van der Waals surface area (Å²) in [5.74, 6) is 0.232. The molecule has 1 saturated carbocycles. The van der Waals surface area contributed by atoms with Crippen LogP contribution in [0.4, 0.5) is 4.79 Å². The van der Waals surface area contributed by atoms with Gasteiger partial charge < -0.3 is 15.2 Å². The van der Waals surface area contributed by atoms with Gasteiger partial charge in [0.05, 0.1) is 6.10 Å². The van der Waals surface area contributed by atoms with E-state index in [0.29, 0.717) is 13.2 Å². The number of alkyl carbamates (subject to hydrolysis) is 1. The Balaban J connectivity index is 1.40. The van der Waals surface area contributed by atoms with E-state index < -0.39 is 6.09 Å². The first kappa shape index (κ1) is 16.2. The van der Waals surface area contributed by atoms with Gasteiger partial charge in [0.2, 0.25) is 0 Å². The smallest absolute Gasteiger partial charge is 0.407 e. The third kappa shape index (κ3) is 3.14. The van der Waals surface area contributed by atoms with Crippen molar-refractivity contribution < 1.29 is 14.6 Å². The van der Waals surface area contributed by atoms with E-state index in [0.717, 1.165) is 19.3 Å². The average molecular weight is 337 g/mol. The number of aliphatic hydroxyl groups is 1. The van der Waals surface area contributed by atoms with Crippen LogP contribution >= 0.6 is 0 Å². The monoisotopic (exact) mass is 337 g/mol. The molecule has 0 saturated heterocycles. The lowest BCUT2D eigenvalue weighted by atomic mass is 9.98. The summed E-state index contributed by atoms with van der Waals surface area (Å²) in [4.78, 5) is 12.1. The Labute approximate surface area is 147 Å². The summed E-state index contributed by atoms with van der Waals surface area (Å²) in [5.41, 5.74) is 4.87. The van der Waals surface area contributed by atoms with Gasteiger partial charge in [0.25, 0.3) is 0 Å². The van der Waals surface area contributed by atoms with Gasteiger partial charge in [-0.15, -0.1) is 0 Å². The molecule has 4 heteroatoms. The van der Waals surface area contributed by atoms with Crippen LogP contribution in [0.5, 0.6) is 0 Å². The van der Waals surface area contributed by atoms with E-state index in [4.69, 9.17) is 4.74 Å². The standard InChI is InChI=1S/C21H23NO3/c23-20-11-5-6-14(20)12-22-21(24)25-13-19-17-9-3-1-7-15(17)16-8-2-4-10-18(16)19/h1-4,7-10,14,19-20,23H,5-6,11-13H2,(H,22,24). The molecule has 2 unspecified atom stereocenters. The van der Waals surface area contributed by atoms with Crippen LogP contribution < -0.4 is 5.32 Å². The molecular weight excluding hydrogens is 314 g/mol. The molecule has 0 radical (unpaired) electrons. The van der Waals surface area contributed by atoms with Gasteiger partial charge in [-0.3, -0.25) is 0 Å².